The summed E-state index contributed by atoms with van der Waals surface area (Å²) in [6.07, 6.45) is 7.96. The van der Waals surface area contributed by atoms with E-state index in [1.54, 1.807) is 0 Å². The highest BCUT2D eigenvalue weighted by atomic mass is 16.3. The first-order chi connectivity index (χ1) is 12.8. The monoisotopic (exact) mass is 355 g/mol. The van der Waals surface area contributed by atoms with Crippen molar-refractivity contribution in [3.63, 3.8) is 0 Å². The number of aliphatic hydroxyl groups is 1. The molecule has 4 nitrogen and oxygen atoms in total. The molecule has 1 aliphatic carbocycles. The lowest BCUT2D eigenvalue weighted by Gasteiger charge is -2.43. The summed E-state index contributed by atoms with van der Waals surface area (Å²) in [7, 11) is 0. The molecule has 2 fully saturated rings. The lowest BCUT2D eigenvalue weighted by Crippen LogP contribution is -2.54. The molecule has 1 aliphatic heterocycles. The largest absolute Gasteiger partial charge is 0.396 e. The fraction of sp³-hybridized carbons (Fsp3) is 0.636. The van der Waals surface area contributed by atoms with Crippen molar-refractivity contribution >= 4 is 10.9 Å². The van der Waals surface area contributed by atoms with Gasteiger partial charge in [-0.05, 0) is 42.7 Å². The molecule has 1 saturated heterocycles. The molecule has 4 rings (SSSR count). The number of hydrogen-bond acceptors (Lipinski definition) is 3. The Balaban J connectivity index is 1.37. The molecule has 0 bridgehead atoms. The Labute approximate surface area is 157 Å². The maximum absolute atomic E-state index is 9.56. The number of H-pyrrole nitrogens is 1. The minimum atomic E-state index is 0.298. The van der Waals surface area contributed by atoms with Gasteiger partial charge in [0.25, 0.3) is 0 Å². The summed E-state index contributed by atoms with van der Waals surface area (Å²) in [5, 5.41) is 10.9. The van der Waals surface area contributed by atoms with Gasteiger partial charge in [0.2, 0.25) is 0 Å². The molecular formula is C22H33N3O. The van der Waals surface area contributed by atoms with Crippen molar-refractivity contribution < 1.29 is 5.11 Å². The summed E-state index contributed by atoms with van der Waals surface area (Å²) < 4.78 is 0. The molecule has 1 aromatic carbocycles. The molecule has 2 heterocycles. The maximum atomic E-state index is 9.56. The molecule has 2 aliphatic rings. The normalized spacial score (nSPS) is 23.7. The summed E-state index contributed by atoms with van der Waals surface area (Å²) in [6, 6.07) is 11.3. The molecule has 1 aromatic heterocycles. The summed E-state index contributed by atoms with van der Waals surface area (Å²) in [5.74, 6) is 0.880. The van der Waals surface area contributed by atoms with Gasteiger partial charge in [-0.15, -0.1) is 0 Å². The SMILES string of the molecule is OCCC1CN(Cc2cc3ccccc3[nH]2)CCN1CC1CCCCC1. The van der Waals surface area contributed by atoms with Gasteiger partial charge in [0.1, 0.15) is 0 Å². The van der Waals surface area contributed by atoms with Gasteiger partial charge >= 0.3 is 0 Å². The van der Waals surface area contributed by atoms with E-state index in [9.17, 15) is 5.11 Å². The average Bonchev–Trinajstić information content (AvgIpc) is 3.07. The van der Waals surface area contributed by atoms with Crippen molar-refractivity contribution in [2.45, 2.75) is 51.1 Å². The van der Waals surface area contributed by atoms with Gasteiger partial charge in [0, 0.05) is 56.6 Å². The van der Waals surface area contributed by atoms with Crippen LogP contribution in [0.2, 0.25) is 0 Å². The first kappa shape index (κ1) is 18.0. The average molecular weight is 356 g/mol. The topological polar surface area (TPSA) is 42.5 Å². The Bertz CT molecular complexity index is 659. The van der Waals surface area contributed by atoms with E-state index in [1.165, 1.54) is 55.2 Å². The molecule has 142 valence electrons. The molecular weight excluding hydrogens is 322 g/mol. The molecule has 0 spiro atoms. The summed E-state index contributed by atoms with van der Waals surface area (Å²) >= 11 is 0. The number of nitrogens with one attached hydrogen (secondary N) is 1. The minimum absolute atomic E-state index is 0.298. The number of fused-ring (bicyclic) bond motifs is 1. The Morgan fingerprint density at radius 2 is 1.92 bits per heavy atom. The maximum Gasteiger partial charge on any atom is 0.0456 e. The van der Waals surface area contributed by atoms with Crippen molar-refractivity contribution in [1.29, 1.82) is 0 Å². The zero-order chi connectivity index (χ0) is 17.8. The third-order valence-electron chi connectivity index (χ3n) is 6.35. The lowest BCUT2D eigenvalue weighted by atomic mass is 9.88. The predicted octanol–water partition coefficient (Wildman–Crippen LogP) is 3.62. The number of hydrogen-bond donors (Lipinski definition) is 2. The molecule has 26 heavy (non-hydrogen) atoms. The van der Waals surface area contributed by atoms with Crippen LogP contribution in [-0.2, 0) is 6.54 Å². The van der Waals surface area contributed by atoms with E-state index in [2.05, 4.69) is 45.1 Å². The first-order valence-corrected chi connectivity index (χ1v) is 10.5. The quantitative estimate of drug-likeness (QED) is 0.832. The van der Waals surface area contributed by atoms with Gasteiger partial charge in [0.05, 0.1) is 0 Å². The van der Waals surface area contributed by atoms with E-state index < -0.39 is 0 Å². The summed E-state index contributed by atoms with van der Waals surface area (Å²) in [5.41, 5.74) is 2.53. The number of aromatic amines is 1. The van der Waals surface area contributed by atoms with E-state index in [-0.39, 0.29) is 0 Å². The summed E-state index contributed by atoms with van der Waals surface area (Å²) in [4.78, 5) is 8.79. The standard InChI is InChI=1S/C22H33N3O/c26-13-10-21-17-24(11-12-25(21)15-18-6-2-1-3-7-18)16-20-14-19-8-4-5-9-22(19)23-20/h4-5,8-9,14,18,21,23,26H,1-3,6-7,10-13,15-17H2. The molecule has 0 amide bonds. The number of aromatic nitrogens is 1. The van der Waals surface area contributed by atoms with Crippen LogP contribution in [0.5, 0.6) is 0 Å². The number of aliphatic hydroxyl groups excluding tert-OH is 1. The van der Waals surface area contributed by atoms with Gasteiger partial charge in [0.15, 0.2) is 0 Å². The molecule has 0 radical (unpaired) electrons. The first-order valence-electron chi connectivity index (χ1n) is 10.5. The van der Waals surface area contributed by atoms with Gasteiger partial charge in [-0.2, -0.15) is 0 Å². The van der Waals surface area contributed by atoms with E-state index in [1.807, 2.05) is 0 Å². The van der Waals surface area contributed by atoms with Gasteiger partial charge in [-0.25, -0.2) is 0 Å². The van der Waals surface area contributed by atoms with Crippen LogP contribution < -0.4 is 0 Å². The van der Waals surface area contributed by atoms with Crippen LogP contribution in [0.15, 0.2) is 30.3 Å². The fourth-order valence-corrected chi connectivity index (χ4v) is 4.93. The van der Waals surface area contributed by atoms with Crippen molar-refractivity contribution in [3.8, 4) is 0 Å². The van der Waals surface area contributed by atoms with Crippen molar-refractivity contribution in [2.24, 2.45) is 5.92 Å². The van der Waals surface area contributed by atoms with E-state index in [4.69, 9.17) is 0 Å². The van der Waals surface area contributed by atoms with Crippen LogP contribution in [0, 0.1) is 5.92 Å². The lowest BCUT2D eigenvalue weighted by molar-refractivity contribution is 0.0396. The highest BCUT2D eigenvalue weighted by Crippen LogP contribution is 2.27. The molecule has 2 aromatic rings. The van der Waals surface area contributed by atoms with Gasteiger partial charge in [-0.3, -0.25) is 9.80 Å². The Morgan fingerprint density at radius 1 is 1.08 bits per heavy atom. The second-order valence-corrected chi connectivity index (χ2v) is 8.28. The van der Waals surface area contributed by atoms with Crippen LogP contribution in [0.1, 0.15) is 44.2 Å². The summed E-state index contributed by atoms with van der Waals surface area (Å²) in [6.45, 7) is 5.86. The number of nitrogens with zero attached hydrogens (tertiary/aromatic N) is 2. The highest BCUT2D eigenvalue weighted by Gasteiger charge is 2.29. The molecule has 4 heteroatoms. The van der Waals surface area contributed by atoms with Crippen LogP contribution in [-0.4, -0.2) is 58.7 Å². The van der Waals surface area contributed by atoms with E-state index in [0.717, 1.165) is 38.5 Å². The molecule has 1 unspecified atom stereocenters. The highest BCUT2D eigenvalue weighted by molar-refractivity contribution is 5.80. The second-order valence-electron chi connectivity index (χ2n) is 8.28. The van der Waals surface area contributed by atoms with Gasteiger partial charge < -0.3 is 10.1 Å². The van der Waals surface area contributed by atoms with E-state index >= 15 is 0 Å². The van der Waals surface area contributed by atoms with E-state index in [0.29, 0.717) is 12.6 Å². The van der Waals surface area contributed by atoms with Crippen LogP contribution in [0.25, 0.3) is 10.9 Å². The fourth-order valence-electron chi connectivity index (χ4n) is 4.93. The second kappa shape index (κ2) is 8.55. The van der Waals surface area contributed by atoms with Crippen molar-refractivity contribution in [2.75, 3.05) is 32.8 Å². The van der Waals surface area contributed by atoms with Crippen LogP contribution >= 0.6 is 0 Å². The molecule has 1 atom stereocenters. The van der Waals surface area contributed by atoms with Crippen molar-refractivity contribution in [1.82, 2.24) is 14.8 Å². The predicted molar refractivity (Wildman–Crippen MR) is 107 cm³/mol. The Morgan fingerprint density at radius 3 is 2.73 bits per heavy atom. The Hall–Kier alpha value is -1.36. The molecule has 2 N–H and O–H groups in total. The number of rotatable bonds is 6. The smallest absolute Gasteiger partial charge is 0.0456 e. The third-order valence-corrected chi connectivity index (χ3v) is 6.35. The zero-order valence-electron chi connectivity index (χ0n) is 15.9. The Kier molecular flexibility index (Phi) is 5.93. The minimum Gasteiger partial charge on any atom is -0.396 e. The number of piperazine rings is 1. The molecule has 1 saturated carbocycles. The number of para-hydroxylation sites is 1. The third kappa shape index (κ3) is 4.30. The zero-order valence-corrected chi connectivity index (χ0v) is 15.9. The van der Waals surface area contributed by atoms with Crippen molar-refractivity contribution in [3.05, 3.63) is 36.0 Å². The van der Waals surface area contributed by atoms with Crippen LogP contribution in [0.4, 0.5) is 0 Å². The van der Waals surface area contributed by atoms with Crippen LogP contribution in [0.3, 0.4) is 0 Å². The number of benzene rings is 1. The van der Waals surface area contributed by atoms with Gasteiger partial charge in [-0.1, -0.05) is 37.5 Å².